The summed E-state index contributed by atoms with van der Waals surface area (Å²) < 4.78 is 26.6. The third-order valence-electron chi connectivity index (χ3n) is 14.5. The molecular formula is C41H67N5O7S. The predicted molar refractivity (Wildman–Crippen MR) is 207 cm³/mol. The fourth-order valence-corrected chi connectivity index (χ4v) is 12.1. The molecule has 0 unspecified atom stereocenters. The molecule has 5 aliphatic carbocycles. The topological polar surface area (TPSA) is 171 Å². The lowest BCUT2D eigenvalue weighted by molar-refractivity contribution is -0.146. The second-order valence-corrected chi connectivity index (χ2v) is 22.9. The molecule has 13 heteroatoms. The molecule has 0 spiro atoms. The third-order valence-corrected chi connectivity index (χ3v) is 17.6. The van der Waals surface area contributed by atoms with Gasteiger partial charge in [0.15, 0.2) is 9.84 Å². The van der Waals surface area contributed by atoms with Crippen molar-refractivity contribution in [2.24, 2.45) is 28.6 Å². The molecule has 5 saturated carbocycles. The smallest absolute Gasteiger partial charge is 0.315 e. The monoisotopic (exact) mass is 773 g/mol. The fourth-order valence-electron chi connectivity index (χ4n) is 10.2. The summed E-state index contributed by atoms with van der Waals surface area (Å²) in [6, 6.07) is -3.31. The normalized spacial score (nSPS) is 28.8. The number of rotatable bonds is 14. The van der Waals surface area contributed by atoms with Gasteiger partial charge in [0.05, 0.1) is 21.6 Å². The molecule has 6 rings (SSSR count). The summed E-state index contributed by atoms with van der Waals surface area (Å²) in [7, 11) is -3.64. The Morgan fingerprint density at radius 2 is 1.43 bits per heavy atom. The van der Waals surface area contributed by atoms with Crippen molar-refractivity contribution in [1.82, 2.24) is 26.2 Å². The highest BCUT2D eigenvalue weighted by Crippen LogP contribution is 2.65. The molecule has 0 aromatic heterocycles. The number of nitrogens with zero attached hydrogens (tertiary/aromatic N) is 1. The highest BCUT2D eigenvalue weighted by molar-refractivity contribution is 7.93. The minimum absolute atomic E-state index is 0.0130. The quantitative estimate of drug-likeness (QED) is 0.181. The van der Waals surface area contributed by atoms with Gasteiger partial charge in [-0.25, -0.2) is 13.2 Å². The van der Waals surface area contributed by atoms with Gasteiger partial charge in [0.2, 0.25) is 17.6 Å². The van der Waals surface area contributed by atoms with Crippen LogP contribution in [0.25, 0.3) is 0 Å². The number of carbonyl (C=O) groups is 5. The molecule has 12 nitrogen and oxygen atoms in total. The van der Waals surface area contributed by atoms with Crippen LogP contribution >= 0.6 is 0 Å². The summed E-state index contributed by atoms with van der Waals surface area (Å²) >= 11 is 0. The molecule has 0 aromatic rings. The van der Waals surface area contributed by atoms with Crippen LogP contribution in [0.5, 0.6) is 0 Å². The average Bonchev–Trinajstić information content (AvgIpc) is 4.07. The number of nitrogens with one attached hydrogen (secondary N) is 4. The minimum atomic E-state index is -3.64. The van der Waals surface area contributed by atoms with Gasteiger partial charge in [0.1, 0.15) is 12.1 Å². The van der Waals surface area contributed by atoms with Crippen molar-refractivity contribution >= 4 is 39.4 Å². The van der Waals surface area contributed by atoms with Gasteiger partial charge in [0.25, 0.3) is 5.91 Å². The van der Waals surface area contributed by atoms with Crippen molar-refractivity contribution in [3.63, 3.8) is 0 Å². The molecule has 54 heavy (non-hydrogen) atoms. The highest BCUT2D eigenvalue weighted by atomic mass is 32.2. The minimum Gasteiger partial charge on any atom is -0.347 e. The summed E-state index contributed by atoms with van der Waals surface area (Å²) in [4.78, 5) is 71.7. The molecule has 4 N–H and O–H groups in total. The lowest BCUT2D eigenvalue weighted by Gasteiger charge is -2.46. The number of Topliss-reactive ketones (excluding diaryl/α,β-unsaturated/α-hetero) is 1. The Labute approximate surface area is 323 Å². The van der Waals surface area contributed by atoms with Crippen molar-refractivity contribution in [2.75, 3.05) is 6.54 Å². The second kappa shape index (κ2) is 15.0. The maximum absolute atomic E-state index is 15.0. The van der Waals surface area contributed by atoms with E-state index in [0.29, 0.717) is 31.7 Å². The number of urea groups is 1. The first kappa shape index (κ1) is 40.9. The lowest BCUT2D eigenvalue weighted by Crippen LogP contribution is -2.66. The van der Waals surface area contributed by atoms with E-state index in [0.717, 1.165) is 83.5 Å². The molecule has 0 radical (unpaired) electrons. The van der Waals surface area contributed by atoms with Crippen LogP contribution in [0.1, 0.15) is 151 Å². The van der Waals surface area contributed by atoms with Crippen molar-refractivity contribution < 1.29 is 32.4 Å². The molecule has 6 aliphatic rings. The molecule has 0 bridgehead atoms. The summed E-state index contributed by atoms with van der Waals surface area (Å²) in [5.74, 6) is -1.58. The number of carbonyl (C=O) groups excluding carboxylic acids is 5. The number of ketones is 1. The Balaban J connectivity index is 1.25. The SMILES string of the molecule is C[C@@H](C1(NC(=O)N[C@H](C(=O)N2C[C@H]3[C@@H]([C@H]2C(=O)N[C@@H](CCC2CC2)C(=O)C(=O)NC2CC2)C3(C)C)C2(C)CCCCC2)CCCCC1)S(=O)(=O)C(C)(C)C. The van der Waals surface area contributed by atoms with Crippen LogP contribution in [0.15, 0.2) is 0 Å². The molecule has 0 aromatic carbocycles. The van der Waals surface area contributed by atoms with Gasteiger partial charge in [-0.05, 0) is 108 Å². The van der Waals surface area contributed by atoms with Crippen LogP contribution in [-0.4, -0.2) is 89.1 Å². The first-order chi connectivity index (χ1) is 25.2. The van der Waals surface area contributed by atoms with Crippen LogP contribution in [0.3, 0.4) is 0 Å². The Morgan fingerprint density at radius 3 is 1.98 bits per heavy atom. The summed E-state index contributed by atoms with van der Waals surface area (Å²) in [5, 5.41) is 11.2. The zero-order chi connectivity index (χ0) is 39.4. The maximum atomic E-state index is 15.0. The molecule has 6 atom stereocenters. The second-order valence-electron chi connectivity index (χ2n) is 19.8. The van der Waals surface area contributed by atoms with Crippen molar-refractivity contribution in [3.05, 3.63) is 0 Å². The Bertz CT molecular complexity index is 1580. The van der Waals surface area contributed by atoms with Crippen LogP contribution in [0.2, 0.25) is 0 Å². The van der Waals surface area contributed by atoms with E-state index in [2.05, 4.69) is 35.1 Å². The van der Waals surface area contributed by atoms with Crippen LogP contribution < -0.4 is 21.3 Å². The largest absolute Gasteiger partial charge is 0.347 e. The average molecular weight is 774 g/mol. The standard InChI is InChI=1S/C41H67N5O7S/c1-25(54(52,53)38(2,3)4)41(22-12-9-13-23-41)45-37(51)44-33(40(7)20-10-8-11-21-40)36(50)46-24-28-30(39(28,5)6)31(46)34(48)43-29(19-16-26-14-15-26)32(47)35(49)42-27-17-18-27/h25-31,33H,8-24H2,1-7H3,(H,42,49)(H,43,48)(H2,44,45,51)/t25-,28-,29-,30-,31-,33+/m0/s1. The molecular weight excluding hydrogens is 707 g/mol. The fraction of sp³-hybridized carbons (Fsp3) is 0.878. The summed E-state index contributed by atoms with van der Waals surface area (Å²) in [5.41, 5.74) is -1.75. The van der Waals surface area contributed by atoms with Crippen molar-refractivity contribution in [1.29, 1.82) is 0 Å². The van der Waals surface area contributed by atoms with Crippen LogP contribution in [0.4, 0.5) is 4.79 Å². The Hall–Kier alpha value is -2.70. The van der Waals surface area contributed by atoms with Crippen LogP contribution in [0, 0.1) is 28.6 Å². The lowest BCUT2D eigenvalue weighted by atomic mass is 9.70. The Kier molecular flexibility index (Phi) is 11.4. The highest BCUT2D eigenvalue weighted by Gasteiger charge is 2.70. The number of amides is 5. The van der Waals surface area contributed by atoms with Crippen LogP contribution in [-0.2, 0) is 29.0 Å². The zero-order valence-electron chi connectivity index (χ0n) is 33.9. The molecule has 5 amide bonds. The first-order valence-electron chi connectivity index (χ1n) is 21.0. The van der Waals surface area contributed by atoms with E-state index in [-0.39, 0.29) is 29.2 Å². The van der Waals surface area contributed by atoms with E-state index in [1.165, 1.54) is 0 Å². The number of piperidine rings is 1. The molecule has 6 fully saturated rings. The number of hydrogen-bond donors (Lipinski definition) is 4. The zero-order valence-corrected chi connectivity index (χ0v) is 34.7. The third kappa shape index (κ3) is 8.22. The number of hydrogen-bond acceptors (Lipinski definition) is 7. The van der Waals surface area contributed by atoms with Gasteiger partial charge in [-0.3, -0.25) is 19.2 Å². The Morgan fingerprint density at radius 1 is 0.833 bits per heavy atom. The summed E-state index contributed by atoms with van der Waals surface area (Å²) in [6.07, 6.45) is 12.9. The number of fused-ring (bicyclic) bond motifs is 1. The first-order valence-corrected chi connectivity index (χ1v) is 22.5. The van der Waals surface area contributed by atoms with E-state index in [9.17, 15) is 27.6 Å². The predicted octanol–water partition coefficient (Wildman–Crippen LogP) is 4.94. The maximum Gasteiger partial charge on any atom is 0.315 e. The van der Waals surface area contributed by atoms with E-state index in [1.807, 2.05) is 6.92 Å². The van der Waals surface area contributed by atoms with E-state index in [4.69, 9.17) is 0 Å². The molecule has 1 saturated heterocycles. The molecule has 1 heterocycles. The van der Waals surface area contributed by atoms with Crippen molar-refractivity contribution in [2.45, 2.75) is 191 Å². The molecule has 1 aliphatic heterocycles. The van der Waals surface area contributed by atoms with Gasteiger partial charge < -0.3 is 26.2 Å². The van der Waals surface area contributed by atoms with Crippen molar-refractivity contribution in [3.8, 4) is 0 Å². The summed E-state index contributed by atoms with van der Waals surface area (Å²) in [6.45, 7) is 13.4. The van der Waals surface area contributed by atoms with Gasteiger partial charge >= 0.3 is 6.03 Å². The van der Waals surface area contributed by atoms with E-state index >= 15 is 4.79 Å². The van der Waals surface area contributed by atoms with E-state index < -0.39 is 72.5 Å². The number of likely N-dealkylation sites (tertiary alicyclic amines) is 1. The van der Waals surface area contributed by atoms with E-state index in [1.54, 1.807) is 32.6 Å². The van der Waals surface area contributed by atoms with Gasteiger partial charge in [0, 0.05) is 12.6 Å². The van der Waals surface area contributed by atoms with Gasteiger partial charge in [-0.15, -0.1) is 0 Å². The van der Waals surface area contributed by atoms with Gasteiger partial charge in [-0.1, -0.05) is 72.1 Å². The molecule has 304 valence electrons. The number of sulfone groups is 1. The van der Waals surface area contributed by atoms with Gasteiger partial charge in [-0.2, -0.15) is 0 Å².